The first kappa shape index (κ1) is 20.7. The average Bonchev–Trinajstić information content (AvgIpc) is 2.65. The van der Waals surface area contributed by atoms with Crippen LogP contribution in [0, 0.1) is 0 Å². The molecule has 10 heteroatoms. The van der Waals surface area contributed by atoms with Crippen LogP contribution >= 0.6 is 15.9 Å². The van der Waals surface area contributed by atoms with E-state index in [0.717, 1.165) is 0 Å². The second-order valence-corrected chi connectivity index (χ2v) is 7.75. The molecule has 0 amide bonds. The molecule has 2 aromatic carbocycles. The van der Waals surface area contributed by atoms with E-state index < -0.39 is 22.0 Å². The molecule has 2 aromatic rings. The van der Waals surface area contributed by atoms with Gasteiger partial charge in [-0.3, -0.25) is 4.72 Å². The number of benzene rings is 2. The summed E-state index contributed by atoms with van der Waals surface area (Å²) < 4.78 is 42.8. The van der Waals surface area contributed by atoms with Crippen LogP contribution < -0.4 is 9.46 Å². The number of anilines is 1. The number of ether oxygens (including phenoxy) is 3. The maximum Gasteiger partial charge on any atom is 0.337 e. The predicted octanol–water partition coefficient (Wildman–Crippen LogP) is 2.83. The fraction of sp³-hybridized carbons (Fsp3) is 0.176. The van der Waals surface area contributed by atoms with Crippen molar-refractivity contribution in [3.05, 3.63) is 52.0 Å². The van der Waals surface area contributed by atoms with Crippen molar-refractivity contribution in [2.45, 2.75) is 4.90 Å². The van der Waals surface area contributed by atoms with Crippen LogP contribution in [0.25, 0.3) is 0 Å². The molecule has 8 nitrogen and oxygen atoms in total. The average molecular weight is 458 g/mol. The maximum absolute atomic E-state index is 12.8. The maximum atomic E-state index is 12.8. The van der Waals surface area contributed by atoms with Crippen LogP contribution in [0.15, 0.2) is 45.8 Å². The molecule has 0 spiro atoms. The van der Waals surface area contributed by atoms with Crippen molar-refractivity contribution in [2.75, 3.05) is 26.1 Å². The normalized spacial score (nSPS) is 10.8. The topological polar surface area (TPSA) is 108 Å². The van der Waals surface area contributed by atoms with Crippen molar-refractivity contribution in [1.82, 2.24) is 0 Å². The lowest BCUT2D eigenvalue weighted by Gasteiger charge is -2.13. The summed E-state index contributed by atoms with van der Waals surface area (Å²) in [6.45, 7) is 0. The Morgan fingerprint density at radius 2 is 1.48 bits per heavy atom. The van der Waals surface area contributed by atoms with Gasteiger partial charge in [-0.05, 0) is 36.4 Å². The van der Waals surface area contributed by atoms with Gasteiger partial charge in [-0.1, -0.05) is 15.9 Å². The number of esters is 2. The zero-order chi connectivity index (χ0) is 20.2. The number of hydrogen-bond donors (Lipinski definition) is 1. The molecule has 144 valence electrons. The Kier molecular flexibility index (Phi) is 6.45. The largest absolute Gasteiger partial charge is 0.495 e. The second kappa shape index (κ2) is 8.40. The summed E-state index contributed by atoms with van der Waals surface area (Å²) in [4.78, 5) is 23.5. The molecule has 0 heterocycles. The van der Waals surface area contributed by atoms with Crippen molar-refractivity contribution in [2.24, 2.45) is 0 Å². The standard InChI is InChI=1S/C17H16BrNO7S/c1-24-14-5-4-12(18)9-15(14)27(22,23)19-13-7-10(16(20)25-2)6-11(8-13)17(21)26-3/h4-9,19H,1-3H3. The van der Waals surface area contributed by atoms with Crippen molar-refractivity contribution in [1.29, 1.82) is 0 Å². The van der Waals surface area contributed by atoms with Gasteiger partial charge in [-0.2, -0.15) is 0 Å². The molecule has 1 N–H and O–H groups in total. The summed E-state index contributed by atoms with van der Waals surface area (Å²) in [5.74, 6) is -1.34. The van der Waals surface area contributed by atoms with Crippen LogP contribution in [0.1, 0.15) is 20.7 Å². The molecule has 0 saturated heterocycles. The van der Waals surface area contributed by atoms with Crippen LogP contribution in [-0.2, 0) is 19.5 Å². The monoisotopic (exact) mass is 457 g/mol. The Bertz CT molecular complexity index is 955. The smallest absolute Gasteiger partial charge is 0.337 e. The lowest BCUT2D eigenvalue weighted by atomic mass is 10.1. The minimum Gasteiger partial charge on any atom is -0.495 e. The zero-order valence-corrected chi connectivity index (χ0v) is 17.0. The lowest BCUT2D eigenvalue weighted by molar-refractivity contribution is 0.0599. The van der Waals surface area contributed by atoms with Gasteiger partial charge < -0.3 is 14.2 Å². The Hall–Kier alpha value is -2.59. The second-order valence-electron chi connectivity index (χ2n) is 5.18. The first-order valence-electron chi connectivity index (χ1n) is 7.40. The Balaban J connectivity index is 2.53. The molecule has 0 bridgehead atoms. The molecule has 0 fully saturated rings. The van der Waals surface area contributed by atoms with Crippen molar-refractivity contribution in [3.8, 4) is 5.75 Å². The van der Waals surface area contributed by atoms with Crippen LogP contribution in [0.5, 0.6) is 5.75 Å². The van der Waals surface area contributed by atoms with Gasteiger partial charge in [0.25, 0.3) is 10.0 Å². The van der Waals surface area contributed by atoms with Crippen molar-refractivity contribution >= 4 is 43.6 Å². The van der Waals surface area contributed by atoms with Gasteiger partial charge in [0.2, 0.25) is 0 Å². The first-order valence-corrected chi connectivity index (χ1v) is 9.67. The van der Waals surface area contributed by atoms with E-state index in [4.69, 9.17) is 4.74 Å². The van der Waals surface area contributed by atoms with Crippen LogP contribution in [0.2, 0.25) is 0 Å². The number of carbonyl (C=O) groups excluding carboxylic acids is 2. The van der Waals surface area contributed by atoms with E-state index in [2.05, 4.69) is 30.1 Å². The lowest BCUT2D eigenvalue weighted by Crippen LogP contribution is -2.16. The summed E-state index contributed by atoms with van der Waals surface area (Å²) in [5.41, 5.74) is -0.0426. The van der Waals surface area contributed by atoms with E-state index in [-0.39, 0.29) is 27.5 Å². The third-order valence-corrected chi connectivity index (χ3v) is 5.34. The van der Waals surface area contributed by atoms with Gasteiger partial charge in [-0.15, -0.1) is 0 Å². The van der Waals surface area contributed by atoms with E-state index in [9.17, 15) is 18.0 Å². The molecular formula is C17H16BrNO7S. The zero-order valence-electron chi connectivity index (χ0n) is 14.6. The Labute approximate surface area is 164 Å². The van der Waals surface area contributed by atoms with Gasteiger partial charge >= 0.3 is 11.9 Å². The fourth-order valence-corrected chi connectivity index (χ4v) is 3.98. The third-order valence-electron chi connectivity index (χ3n) is 3.44. The first-order chi connectivity index (χ1) is 12.7. The number of rotatable bonds is 6. The molecule has 0 aliphatic carbocycles. The Morgan fingerprint density at radius 3 is 1.96 bits per heavy atom. The summed E-state index contributed by atoms with van der Waals surface area (Å²) in [5, 5.41) is 0. The predicted molar refractivity (Wildman–Crippen MR) is 101 cm³/mol. The molecule has 0 radical (unpaired) electrons. The number of methoxy groups -OCH3 is 3. The minimum absolute atomic E-state index is 0.0136. The number of sulfonamides is 1. The van der Waals surface area contributed by atoms with Gasteiger partial charge in [-0.25, -0.2) is 18.0 Å². The summed E-state index contributed by atoms with van der Waals surface area (Å²) in [6.07, 6.45) is 0. The van der Waals surface area contributed by atoms with E-state index in [1.54, 1.807) is 6.07 Å². The highest BCUT2D eigenvalue weighted by Crippen LogP contribution is 2.29. The molecule has 27 heavy (non-hydrogen) atoms. The fourth-order valence-electron chi connectivity index (χ4n) is 2.23. The third kappa shape index (κ3) is 4.77. The Morgan fingerprint density at radius 1 is 0.926 bits per heavy atom. The number of hydrogen-bond acceptors (Lipinski definition) is 7. The van der Waals surface area contributed by atoms with Crippen LogP contribution in [0.3, 0.4) is 0 Å². The molecule has 0 saturated carbocycles. The highest BCUT2D eigenvalue weighted by Gasteiger charge is 2.22. The van der Waals surface area contributed by atoms with Crippen LogP contribution in [0.4, 0.5) is 5.69 Å². The number of halogens is 1. The molecule has 0 atom stereocenters. The van der Waals surface area contributed by atoms with E-state index in [1.165, 1.54) is 51.7 Å². The quantitative estimate of drug-likeness (QED) is 0.664. The number of carbonyl (C=O) groups is 2. The van der Waals surface area contributed by atoms with E-state index in [0.29, 0.717) is 4.47 Å². The van der Waals surface area contributed by atoms with Gasteiger partial charge in [0.1, 0.15) is 10.6 Å². The highest BCUT2D eigenvalue weighted by atomic mass is 79.9. The van der Waals surface area contributed by atoms with Gasteiger partial charge in [0.15, 0.2) is 0 Å². The molecule has 2 rings (SSSR count). The molecule has 0 aliphatic rings. The van der Waals surface area contributed by atoms with E-state index >= 15 is 0 Å². The van der Waals surface area contributed by atoms with Crippen molar-refractivity contribution < 1.29 is 32.2 Å². The van der Waals surface area contributed by atoms with Gasteiger partial charge in [0, 0.05) is 4.47 Å². The molecule has 0 aromatic heterocycles. The molecular weight excluding hydrogens is 442 g/mol. The summed E-state index contributed by atoms with van der Waals surface area (Å²) in [7, 11) is -0.403. The van der Waals surface area contributed by atoms with Crippen molar-refractivity contribution in [3.63, 3.8) is 0 Å². The highest BCUT2D eigenvalue weighted by molar-refractivity contribution is 9.10. The minimum atomic E-state index is -4.09. The SMILES string of the molecule is COC(=O)c1cc(NS(=O)(=O)c2cc(Br)ccc2OC)cc(C(=O)OC)c1. The summed E-state index contributed by atoms with van der Waals surface area (Å²) >= 11 is 3.21. The molecule has 0 unspecified atom stereocenters. The van der Waals surface area contributed by atoms with Gasteiger partial charge in [0.05, 0.1) is 38.1 Å². The summed E-state index contributed by atoms with van der Waals surface area (Å²) in [6, 6.07) is 8.23. The van der Waals surface area contributed by atoms with E-state index in [1.807, 2.05) is 0 Å². The molecule has 0 aliphatic heterocycles. The van der Waals surface area contributed by atoms with Crippen LogP contribution in [-0.4, -0.2) is 41.7 Å². The number of nitrogens with one attached hydrogen (secondary N) is 1.